The number of rotatable bonds is 42. The van der Waals surface area contributed by atoms with E-state index in [0.29, 0.717) is 38.5 Å². The van der Waals surface area contributed by atoms with E-state index in [1.54, 1.807) is 0 Å². The minimum atomic E-state index is -0.873. The lowest BCUT2D eigenvalue weighted by Crippen LogP contribution is -2.10. The average molecular weight is 1230 g/mol. The lowest BCUT2D eigenvalue weighted by atomic mass is 9.70. The molecule has 0 aromatic heterocycles. The molecule has 10 aromatic carbocycles. The normalized spacial score (nSPS) is 12.5. The zero-order valence-corrected chi connectivity index (χ0v) is 56.4. The molecule has 0 radical (unpaired) electrons. The van der Waals surface area contributed by atoms with Gasteiger partial charge in [0.2, 0.25) is 0 Å². The summed E-state index contributed by atoms with van der Waals surface area (Å²) in [5, 5.41) is 16.0. The third-order valence-corrected chi connectivity index (χ3v) is 21.4. The van der Waals surface area contributed by atoms with Crippen LogP contribution in [0.2, 0.25) is 0 Å². The van der Waals surface area contributed by atoms with Crippen LogP contribution in [0.15, 0.2) is 36.4 Å². The Labute approximate surface area is 536 Å². The first kappa shape index (κ1) is 67.8. The monoisotopic (exact) mass is 1230 g/mol. The van der Waals surface area contributed by atoms with Gasteiger partial charge in [0.1, 0.15) is 0 Å². The van der Waals surface area contributed by atoms with Crippen molar-refractivity contribution >= 4 is 97.0 Å². The summed E-state index contributed by atoms with van der Waals surface area (Å²) in [6.45, 7) is 13.4. The van der Waals surface area contributed by atoms with Gasteiger partial charge >= 0.3 is 0 Å². The van der Waals surface area contributed by atoms with Crippen molar-refractivity contribution in [1.29, 1.82) is 0 Å². The standard InChI is InChI=1S/C84H108F6/c1-7-13-19-25-31-37-43-55-56(44-38-32-26-20-14-8-2)74-63-51-69(87)70(88)52-64(63)76-59(47-41-35-29-23-17-11-5)60(48-42-36-30-24-18-12-6)78-66-54-72(90)71(89)53-65(66)77-58(46-40-34-28-22-16-10-4)57(45-39-33-27-21-15-9-3)75-62-50-68(86)67(85)49-61(62)73(55)79-80(74)82(76)84(78)83(77)81(75)79/h49-54H,7-48H2,1-6H3. The lowest BCUT2D eigenvalue weighted by Gasteiger charge is -2.32. The van der Waals surface area contributed by atoms with Gasteiger partial charge < -0.3 is 0 Å². The third-order valence-electron chi connectivity index (χ3n) is 21.4. The Morgan fingerprint density at radius 3 is 0.422 bits per heavy atom. The van der Waals surface area contributed by atoms with Gasteiger partial charge in [0, 0.05) is 0 Å². The maximum absolute atomic E-state index is 17.0. The number of benzene rings is 10. The van der Waals surface area contributed by atoms with Crippen LogP contribution in [0.1, 0.15) is 306 Å². The van der Waals surface area contributed by atoms with Crippen molar-refractivity contribution in [3.8, 4) is 0 Å². The van der Waals surface area contributed by atoms with Crippen LogP contribution in [0, 0.1) is 34.9 Å². The van der Waals surface area contributed by atoms with E-state index in [1.165, 1.54) is 74.9 Å². The Balaban J connectivity index is 1.48. The van der Waals surface area contributed by atoms with Crippen LogP contribution >= 0.6 is 0 Å². The van der Waals surface area contributed by atoms with Gasteiger partial charge in [-0.05, 0) is 244 Å². The molecule has 0 bridgehead atoms. The zero-order chi connectivity index (χ0) is 63.3. The topological polar surface area (TPSA) is 0 Å². The zero-order valence-electron chi connectivity index (χ0n) is 56.4. The van der Waals surface area contributed by atoms with E-state index in [0.717, 1.165) is 323 Å². The number of aryl methyl sites for hydroxylation is 6. The Morgan fingerprint density at radius 1 is 0.167 bits per heavy atom. The van der Waals surface area contributed by atoms with Crippen molar-refractivity contribution in [2.24, 2.45) is 0 Å². The molecule has 0 amide bonds. The summed E-state index contributed by atoms with van der Waals surface area (Å²) < 4.78 is 102. The molecule has 486 valence electrons. The summed E-state index contributed by atoms with van der Waals surface area (Å²) in [6, 6.07) is 9.09. The number of hydrogen-bond acceptors (Lipinski definition) is 0. The SMILES string of the molecule is CCCCCCCCc1c(CCCCCCCC)c2c3cc(F)c(F)cc3c3c(CCCCCCCC)c(CCCCCCCC)c4c5cc(F)c(F)cc5c5c(CCCCCCCC)c(CCCCCCCC)c6c7cc(F)c(F)cc7c1c1c2c3c4c5c61. The van der Waals surface area contributed by atoms with Gasteiger partial charge in [0.05, 0.1) is 0 Å². The molecule has 90 heavy (non-hydrogen) atoms. The molecule has 0 aliphatic carbocycles. The molecular formula is C84H108F6. The molecule has 10 rings (SSSR count). The summed E-state index contributed by atoms with van der Waals surface area (Å²) >= 11 is 0. The number of unbranched alkanes of at least 4 members (excludes halogenated alkanes) is 30. The summed E-state index contributed by atoms with van der Waals surface area (Å²) in [4.78, 5) is 0. The summed E-state index contributed by atoms with van der Waals surface area (Å²) in [6.07, 6.45) is 42.9. The molecule has 0 aliphatic heterocycles. The van der Waals surface area contributed by atoms with Crippen molar-refractivity contribution in [2.75, 3.05) is 0 Å². The molecule has 0 spiro atoms. The largest absolute Gasteiger partial charge is 0.204 e. The van der Waals surface area contributed by atoms with E-state index in [4.69, 9.17) is 0 Å². The third kappa shape index (κ3) is 14.1. The van der Waals surface area contributed by atoms with Gasteiger partial charge in [-0.1, -0.05) is 234 Å². The predicted molar refractivity (Wildman–Crippen MR) is 380 cm³/mol. The maximum atomic E-state index is 17.0. The second-order valence-electron chi connectivity index (χ2n) is 27.9. The molecular weight excluding hydrogens is 1120 g/mol. The van der Waals surface area contributed by atoms with Gasteiger partial charge in [0.25, 0.3) is 0 Å². The second-order valence-corrected chi connectivity index (χ2v) is 27.9. The highest BCUT2D eigenvalue weighted by atomic mass is 19.2. The Kier molecular flexibility index (Phi) is 24.6. The van der Waals surface area contributed by atoms with Crippen LogP contribution in [0.25, 0.3) is 97.0 Å². The van der Waals surface area contributed by atoms with Gasteiger partial charge in [-0.2, -0.15) is 0 Å². The predicted octanol–water partition coefficient (Wildman–Crippen LogP) is 28.6. The molecule has 0 fully saturated rings. The van der Waals surface area contributed by atoms with Crippen LogP contribution in [0.3, 0.4) is 0 Å². The van der Waals surface area contributed by atoms with E-state index >= 15 is 26.3 Å². The van der Waals surface area contributed by atoms with Gasteiger partial charge in [-0.25, -0.2) is 26.3 Å². The van der Waals surface area contributed by atoms with Gasteiger partial charge in [0.15, 0.2) is 34.9 Å². The minimum absolute atomic E-state index is 0.696. The van der Waals surface area contributed by atoms with E-state index in [-0.39, 0.29) is 0 Å². The van der Waals surface area contributed by atoms with E-state index < -0.39 is 34.9 Å². The van der Waals surface area contributed by atoms with E-state index in [2.05, 4.69) is 41.5 Å². The average Bonchev–Trinajstić information content (AvgIpc) is 0.656. The molecule has 0 saturated heterocycles. The molecule has 0 heterocycles. The quantitative estimate of drug-likeness (QED) is 0.0155. The first-order chi connectivity index (χ1) is 44.1. The molecule has 0 aliphatic rings. The minimum Gasteiger partial charge on any atom is -0.204 e. The van der Waals surface area contributed by atoms with Crippen molar-refractivity contribution in [3.05, 3.63) is 105 Å². The van der Waals surface area contributed by atoms with Crippen LogP contribution in [-0.2, 0) is 38.5 Å². The molecule has 0 saturated carbocycles. The fourth-order valence-corrected chi connectivity index (χ4v) is 16.9. The molecule has 0 nitrogen and oxygen atoms in total. The van der Waals surface area contributed by atoms with E-state index in [1.807, 2.05) is 0 Å². The number of halogens is 6. The Bertz CT molecular complexity index is 3270. The van der Waals surface area contributed by atoms with Crippen LogP contribution in [-0.4, -0.2) is 0 Å². The maximum Gasteiger partial charge on any atom is 0.159 e. The van der Waals surface area contributed by atoms with Crippen LogP contribution in [0.5, 0.6) is 0 Å². The molecule has 6 heteroatoms. The molecule has 10 aromatic rings. The number of hydrogen-bond donors (Lipinski definition) is 0. The highest BCUT2D eigenvalue weighted by Gasteiger charge is 2.35. The van der Waals surface area contributed by atoms with Gasteiger partial charge in [-0.15, -0.1) is 0 Å². The number of fused-ring (bicyclic) bond motifs is 9. The van der Waals surface area contributed by atoms with Gasteiger partial charge in [-0.3, -0.25) is 0 Å². The summed E-state index contributed by atoms with van der Waals surface area (Å²) in [5.74, 6) is -5.24. The van der Waals surface area contributed by atoms with Crippen molar-refractivity contribution in [3.63, 3.8) is 0 Å². The van der Waals surface area contributed by atoms with Crippen molar-refractivity contribution < 1.29 is 26.3 Å². The van der Waals surface area contributed by atoms with Crippen LogP contribution < -0.4 is 0 Å². The van der Waals surface area contributed by atoms with Crippen molar-refractivity contribution in [2.45, 2.75) is 311 Å². The fraction of sp³-hybridized carbons (Fsp3) is 0.571. The highest BCUT2D eigenvalue weighted by molar-refractivity contribution is 6.54. The van der Waals surface area contributed by atoms with E-state index in [9.17, 15) is 0 Å². The lowest BCUT2D eigenvalue weighted by molar-refractivity contribution is 0.511. The molecule has 0 N–H and O–H groups in total. The van der Waals surface area contributed by atoms with Crippen LogP contribution in [0.4, 0.5) is 26.3 Å². The molecule has 0 atom stereocenters. The fourth-order valence-electron chi connectivity index (χ4n) is 16.9. The smallest absolute Gasteiger partial charge is 0.159 e. The Morgan fingerprint density at radius 2 is 0.289 bits per heavy atom. The summed E-state index contributed by atoms with van der Waals surface area (Å²) in [7, 11) is 0. The molecule has 0 unspecified atom stereocenters. The summed E-state index contributed by atoms with van der Waals surface area (Å²) in [5.41, 5.74) is 6.71. The first-order valence-electron chi connectivity index (χ1n) is 37.2. The second kappa shape index (κ2) is 32.6. The first-order valence-corrected chi connectivity index (χ1v) is 37.2. The Hall–Kier alpha value is -5.10. The van der Waals surface area contributed by atoms with Crippen molar-refractivity contribution in [1.82, 2.24) is 0 Å². The highest BCUT2D eigenvalue weighted by Crippen LogP contribution is 2.60.